The summed E-state index contributed by atoms with van der Waals surface area (Å²) >= 11 is 0. The van der Waals surface area contributed by atoms with E-state index >= 15 is 0 Å². The molecule has 2 N–H and O–H groups in total. The van der Waals surface area contributed by atoms with Crippen molar-refractivity contribution in [1.82, 2.24) is 4.98 Å². The van der Waals surface area contributed by atoms with Gasteiger partial charge in [-0.3, -0.25) is 10.1 Å². The summed E-state index contributed by atoms with van der Waals surface area (Å²) in [5.41, 5.74) is 4.25. The normalized spacial score (nSPS) is 14.7. The predicted octanol–water partition coefficient (Wildman–Crippen LogP) is 3.42. The summed E-state index contributed by atoms with van der Waals surface area (Å²) in [6.07, 6.45) is 6.33. The number of oxime groups is 1. The van der Waals surface area contributed by atoms with Gasteiger partial charge in [-0.15, -0.1) is 0 Å². The van der Waals surface area contributed by atoms with E-state index in [9.17, 15) is 10.1 Å². The first kappa shape index (κ1) is 13.1. The van der Waals surface area contributed by atoms with Crippen LogP contribution >= 0.6 is 0 Å². The maximum absolute atomic E-state index is 10.9. The largest absolute Gasteiger partial charge is 0.411 e. The molecule has 6 nitrogen and oxygen atoms in total. The van der Waals surface area contributed by atoms with Crippen LogP contribution in [0.15, 0.2) is 41.1 Å². The summed E-state index contributed by atoms with van der Waals surface area (Å²) < 4.78 is 0. The molecular formula is C15H13N3O3. The fourth-order valence-electron chi connectivity index (χ4n) is 2.51. The average Bonchev–Trinajstić information content (AvgIpc) is 2.69. The van der Waals surface area contributed by atoms with Gasteiger partial charge in [-0.25, -0.2) is 0 Å². The molecule has 0 saturated heterocycles. The van der Waals surface area contributed by atoms with Gasteiger partial charge in [-0.1, -0.05) is 17.3 Å². The number of nitrogens with zero attached hydrogens (tertiary/aromatic N) is 2. The lowest BCUT2D eigenvalue weighted by Crippen LogP contribution is -1.94. The second kappa shape index (κ2) is 4.90. The highest BCUT2D eigenvalue weighted by atomic mass is 16.6. The van der Waals surface area contributed by atoms with E-state index < -0.39 is 4.92 Å². The maximum atomic E-state index is 10.9. The van der Waals surface area contributed by atoms with Crippen LogP contribution in [0.25, 0.3) is 17.0 Å². The molecule has 1 aliphatic rings. The monoisotopic (exact) mass is 283 g/mol. The average molecular weight is 283 g/mol. The molecule has 0 radical (unpaired) electrons. The highest BCUT2D eigenvalue weighted by molar-refractivity contribution is 6.02. The van der Waals surface area contributed by atoms with Crippen molar-refractivity contribution in [2.24, 2.45) is 5.16 Å². The van der Waals surface area contributed by atoms with E-state index in [-0.39, 0.29) is 5.69 Å². The Bertz CT molecular complexity index is 828. The Hall–Kier alpha value is -2.89. The molecule has 0 fully saturated rings. The highest BCUT2D eigenvalue weighted by Gasteiger charge is 2.15. The molecule has 106 valence electrons. The quantitative estimate of drug-likeness (QED) is 0.383. The van der Waals surface area contributed by atoms with Crippen molar-refractivity contribution in [2.45, 2.75) is 13.3 Å². The third-order valence-electron chi connectivity index (χ3n) is 3.66. The topological polar surface area (TPSA) is 91.5 Å². The molecule has 0 bridgehead atoms. The maximum Gasteiger partial charge on any atom is 0.270 e. The molecule has 1 heterocycles. The number of hydrogen-bond acceptors (Lipinski definition) is 4. The Kier molecular flexibility index (Phi) is 3.06. The van der Waals surface area contributed by atoms with E-state index in [2.05, 4.69) is 10.1 Å². The number of allylic oxidation sites excluding steroid dienone is 3. The van der Waals surface area contributed by atoms with Crippen LogP contribution < -0.4 is 0 Å². The standard InChI is InChI=1S/C15H13N3O3/c1-9(17-19)10-2-5-12-13-8-11(18(20)21)4-7-15(13)16-14(12)6-3-10/h2-4,6-8,16,19H,5H2,1H3/b17-9+. The van der Waals surface area contributed by atoms with Crippen molar-refractivity contribution in [1.29, 1.82) is 0 Å². The summed E-state index contributed by atoms with van der Waals surface area (Å²) in [6.45, 7) is 1.72. The number of non-ortho nitro benzene ring substituents is 1. The number of aromatic amines is 1. The lowest BCUT2D eigenvalue weighted by molar-refractivity contribution is -0.384. The second-order valence-corrected chi connectivity index (χ2v) is 4.89. The second-order valence-electron chi connectivity index (χ2n) is 4.89. The van der Waals surface area contributed by atoms with Crippen molar-refractivity contribution < 1.29 is 10.1 Å². The summed E-state index contributed by atoms with van der Waals surface area (Å²) in [6, 6.07) is 4.80. The number of aromatic nitrogens is 1. The van der Waals surface area contributed by atoms with Crippen LogP contribution in [0, 0.1) is 10.1 Å². The Morgan fingerprint density at radius 2 is 2.24 bits per heavy atom. The van der Waals surface area contributed by atoms with Crippen LogP contribution in [0.5, 0.6) is 0 Å². The number of benzene rings is 1. The van der Waals surface area contributed by atoms with Gasteiger partial charge in [-0.2, -0.15) is 0 Å². The Labute approximate surface area is 120 Å². The van der Waals surface area contributed by atoms with Gasteiger partial charge >= 0.3 is 0 Å². The summed E-state index contributed by atoms with van der Waals surface area (Å²) in [5, 5.41) is 23.8. The van der Waals surface area contributed by atoms with Crippen LogP contribution in [-0.4, -0.2) is 20.8 Å². The number of nitro groups is 1. The number of rotatable bonds is 2. The molecule has 0 aliphatic heterocycles. The van der Waals surface area contributed by atoms with Gasteiger partial charge < -0.3 is 10.2 Å². The molecular weight excluding hydrogens is 270 g/mol. The summed E-state index contributed by atoms with van der Waals surface area (Å²) in [4.78, 5) is 13.8. The number of nitrogens with one attached hydrogen (secondary N) is 1. The van der Waals surface area contributed by atoms with Gasteiger partial charge in [0, 0.05) is 28.7 Å². The highest BCUT2D eigenvalue weighted by Crippen LogP contribution is 2.30. The van der Waals surface area contributed by atoms with E-state index in [1.165, 1.54) is 6.07 Å². The third-order valence-corrected chi connectivity index (χ3v) is 3.66. The number of H-pyrrole nitrogens is 1. The minimum absolute atomic E-state index is 0.0785. The minimum Gasteiger partial charge on any atom is -0.411 e. The van der Waals surface area contributed by atoms with Crippen LogP contribution in [0.4, 0.5) is 5.69 Å². The van der Waals surface area contributed by atoms with Crippen molar-refractivity contribution in [3.63, 3.8) is 0 Å². The van der Waals surface area contributed by atoms with Crippen molar-refractivity contribution in [2.75, 3.05) is 0 Å². The molecule has 0 saturated carbocycles. The van der Waals surface area contributed by atoms with Gasteiger partial charge in [0.25, 0.3) is 5.69 Å². The SMILES string of the molecule is C/C(=N\O)C1=CCc2c([nH]c3ccc([N+](=O)[O-])cc23)C=C1. The summed E-state index contributed by atoms with van der Waals surface area (Å²) in [7, 11) is 0. The van der Waals surface area contributed by atoms with Gasteiger partial charge in [0.2, 0.25) is 0 Å². The first-order chi connectivity index (χ1) is 10.1. The zero-order chi connectivity index (χ0) is 15.0. The molecule has 0 unspecified atom stereocenters. The van der Waals surface area contributed by atoms with Crippen molar-refractivity contribution >= 4 is 28.4 Å². The molecule has 21 heavy (non-hydrogen) atoms. The lowest BCUT2D eigenvalue weighted by Gasteiger charge is -1.98. The van der Waals surface area contributed by atoms with Crippen LogP contribution in [-0.2, 0) is 6.42 Å². The lowest BCUT2D eigenvalue weighted by atomic mass is 10.1. The molecule has 1 aliphatic carbocycles. The summed E-state index contributed by atoms with van der Waals surface area (Å²) in [5.74, 6) is 0. The molecule has 6 heteroatoms. The molecule has 0 atom stereocenters. The third kappa shape index (κ3) is 2.20. The molecule has 0 spiro atoms. The van der Waals surface area contributed by atoms with Gasteiger partial charge in [0.15, 0.2) is 0 Å². The van der Waals surface area contributed by atoms with Crippen molar-refractivity contribution in [3.05, 3.63) is 57.3 Å². The molecule has 0 amide bonds. The van der Waals surface area contributed by atoms with Gasteiger partial charge in [0.05, 0.1) is 10.6 Å². The van der Waals surface area contributed by atoms with E-state index in [1.807, 2.05) is 18.2 Å². The van der Waals surface area contributed by atoms with E-state index in [0.29, 0.717) is 12.1 Å². The number of nitro benzene ring substituents is 1. The van der Waals surface area contributed by atoms with E-state index in [4.69, 9.17) is 5.21 Å². The Morgan fingerprint density at radius 1 is 1.43 bits per heavy atom. The number of fused-ring (bicyclic) bond motifs is 3. The van der Waals surface area contributed by atoms with Gasteiger partial charge in [0.1, 0.15) is 0 Å². The Balaban J connectivity index is 2.13. The zero-order valence-electron chi connectivity index (χ0n) is 11.3. The smallest absolute Gasteiger partial charge is 0.270 e. The minimum atomic E-state index is -0.394. The first-order valence-corrected chi connectivity index (χ1v) is 6.46. The molecule has 1 aromatic heterocycles. The van der Waals surface area contributed by atoms with Crippen LogP contribution in [0.1, 0.15) is 18.2 Å². The van der Waals surface area contributed by atoms with E-state index in [1.54, 1.807) is 19.1 Å². The predicted molar refractivity (Wildman–Crippen MR) is 80.7 cm³/mol. The fraction of sp³-hybridized carbons (Fsp3) is 0.133. The van der Waals surface area contributed by atoms with Crippen LogP contribution in [0.2, 0.25) is 0 Å². The molecule has 3 rings (SSSR count). The van der Waals surface area contributed by atoms with Crippen LogP contribution in [0.3, 0.4) is 0 Å². The Morgan fingerprint density at radius 3 is 2.95 bits per heavy atom. The molecule has 1 aromatic carbocycles. The van der Waals surface area contributed by atoms with Gasteiger partial charge in [-0.05, 0) is 36.6 Å². The zero-order valence-corrected chi connectivity index (χ0v) is 11.3. The first-order valence-electron chi connectivity index (χ1n) is 6.46. The fourth-order valence-corrected chi connectivity index (χ4v) is 2.51. The molecule has 2 aromatic rings. The van der Waals surface area contributed by atoms with E-state index in [0.717, 1.165) is 27.7 Å². The van der Waals surface area contributed by atoms with Crippen molar-refractivity contribution in [3.8, 4) is 0 Å². The number of hydrogen-bond donors (Lipinski definition) is 2.